The highest BCUT2D eigenvalue weighted by molar-refractivity contribution is 5.81. The summed E-state index contributed by atoms with van der Waals surface area (Å²) in [5, 5.41) is 0. The minimum atomic E-state index is -0.386. The van der Waals surface area contributed by atoms with Crippen LogP contribution in [0.2, 0.25) is 0 Å². The molecule has 0 aliphatic carbocycles. The number of nitrogens with zero attached hydrogens (tertiary/aromatic N) is 1. The number of unbranched alkanes of at least 4 members (excludes halogenated alkanes) is 4. The summed E-state index contributed by atoms with van der Waals surface area (Å²) in [4.78, 5) is 22.0. The van der Waals surface area contributed by atoms with Crippen LogP contribution in [0.4, 0.5) is 0 Å². The standard InChI is InChI=1S/C37H39NO6/c1-4-36(39)43-28-10-6-8-26-41-34-22-14-30(15-23-34)12-18-32-20-21-33(38(32)3)19-13-31-16-24-35(25-17-31)42-27-9-7-11-29-44-37(40)5-2/h4-5,14-17,20-25H,1-2,6-11,26-29H2,3H3. The summed E-state index contributed by atoms with van der Waals surface area (Å²) in [6, 6.07) is 19.4. The molecular formula is C37H39NO6. The van der Waals surface area contributed by atoms with Crippen LogP contribution in [-0.4, -0.2) is 42.9 Å². The molecule has 0 saturated heterocycles. The topological polar surface area (TPSA) is 76.0 Å². The Kier molecular flexibility index (Phi) is 14.5. The van der Waals surface area contributed by atoms with Gasteiger partial charge in [-0.25, -0.2) is 9.59 Å². The summed E-state index contributed by atoms with van der Waals surface area (Å²) in [6.45, 7) is 8.76. The highest BCUT2D eigenvalue weighted by Crippen LogP contribution is 2.14. The largest absolute Gasteiger partial charge is 0.494 e. The Morgan fingerprint density at radius 1 is 0.591 bits per heavy atom. The Morgan fingerprint density at radius 2 is 0.977 bits per heavy atom. The molecule has 0 N–H and O–H groups in total. The van der Waals surface area contributed by atoms with Crippen molar-refractivity contribution in [2.24, 2.45) is 7.05 Å². The third-order valence-electron chi connectivity index (χ3n) is 6.44. The van der Waals surface area contributed by atoms with Crippen molar-refractivity contribution >= 4 is 11.9 Å². The predicted octanol–water partition coefficient (Wildman–Crippen LogP) is 6.38. The lowest BCUT2D eigenvalue weighted by Gasteiger charge is -2.06. The average Bonchev–Trinajstić information content (AvgIpc) is 3.41. The van der Waals surface area contributed by atoms with Gasteiger partial charge < -0.3 is 23.5 Å². The predicted molar refractivity (Wildman–Crippen MR) is 171 cm³/mol. The summed E-state index contributed by atoms with van der Waals surface area (Å²) in [5.74, 6) is 13.7. The van der Waals surface area contributed by atoms with Gasteiger partial charge in [-0.2, -0.15) is 0 Å². The van der Waals surface area contributed by atoms with Crippen LogP contribution in [0.1, 0.15) is 61.0 Å². The first-order valence-corrected chi connectivity index (χ1v) is 14.7. The van der Waals surface area contributed by atoms with Crippen LogP contribution in [-0.2, 0) is 26.1 Å². The fourth-order valence-electron chi connectivity index (χ4n) is 3.91. The van der Waals surface area contributed by atoms with Gasteiger partial charge in [-0.1, -0.05) is 25.0 Å². The van der Waals surface area contributed by atoms with Gasteiger partial charge in [0.05, 0.1) is 37.8 Å². The summed E-state index contributed by atoms with van der Waals surface area (Å²) < 4.78 is 23.5. The van der Waals surface area contributed by atoms with Gasteiger partial charge in [0.2, 0.25) is 0 Å². The second kappa shape index (κ2) is 19.1. The molecule has 1 aromatic heterocycles. The number of esters is 2. The van der Waals surface area contributed by atoms with Gasteiger partial charge in [0.15, 0.2) is 0 Å². The van der Waals surface area contributed by atoms with Gasteiger partial charge in [0, 0.05) is 30.3 Å². The maximum Gasteiger partial charge on any atom is 0.330 e. The molecule has 0 bridgehead atoms. The second-order valence-corrected chi connectivity index (χ2v) is 9.77. The van der Waals surface area contributed by atoms with Crippen LogP contribution >= 0.6 is 0 Å². The third-order valence-corrected chi connectivity index (χ3v) is 6.44. The van der Waals surface area contributed by atoms with Gasteiger partial charge in [0.25, 0.3) is 0 Å². The number of ether oxygens (including phenoxy) is 4. The molecule has 7 nitrogen and oxygen atoms in total. The summed E-state index contributed by atoms with van der Waals surface area (Å²) in [6.07, 6.45) is 7.54. The highest BCUT2D eigenvalue weighted by atomic mass is 16.5. The smallest absolute Gasteiger partial charge is 0.330 e. The van der Waals surface area contributed by atoms with Crippen molar-refractivity contribution < 1.29 is 28.5 Å². The molecule has 0 aliphatic rings. The molecule has 0 spiro atoms. The number of hydrogen-bond donors (Lipinski definition) is 0. The number of carbonyl (C=O) groups excluding carboxylic acids is 2. The zero-order valence-corrected chi connectivity index (χ0v) is 25.3. The molecule has 0 fully saturated rings. The van der Waals surface area contributed by atoms with Crippen LogP contribution in [0.15, 0.2) is 86.0 Å². The van der Waals surface area contributed by atoms with Crippen LogP contribution in [0, 0.1) is 23.7 Å². The molecule has 0 amide bonds. The number of benzene rings is 2. The fourth-order valence-corrected chi connectivity index (χ4v) is 3.91. The van der Waals surface area contributed by atoms with Crippen molar-refractivity contribution in [3.8, 4) is 35.2 Å². The molecular weight excluding hydrogens is 554 g/mol. The fraction of sp³-hybridized carbons (Fsp3) is 0.297. The van der Waals surface area contributed by atoms with Crippen molar-refractivity contribution in [3.63, 3.8) is 0 Å². The molecule has 0 unspecified atom stereocenters. The summed E-state index contributed by atoms with van der Waals surface area (Å²) in [7, 11) is 1.95. The monoisotopic (exact) mass is 593 g/mol. The van der Waals surface area contributed by atoms with Crippen molar-refractivity contribution in [3.05, 3.63) is 108 Å². The molecule has 7 heteroatoms. The van der Waals surface area contributed by atoms with E-state index in [2.05, 4.69) is 36.8 Å². The Hall–Kier alpha value is -5.14. The Morgan fingerprint density at radius 3 is 1.36 bits per heavy atom. The molecule has 1 heterocycles. The highest BCUT2D eigenvalue weighted by Gasteiger charge is 2.01. The van der Waals surface area contributed by atoms with Crippen molar-refractivity contribution in [1.29, 1.82) is 0 Å². The molecule has 2 aromatic carbocycles. The van der Waals surface area contributed by atoms with Crippen LogP contribution in [0.25, 0.3) is 0 Å². The lowest BCUT2D eigenvalue weighted by molar-refractivity contribution is -0.138. The minimum Gasteiger partial charge on any atom is -0.494 e. The molecule has 0 radical (unpaired) electrons. The van der Waals surface area contributed by atoms with E-state index in [4.69, 9.17) is 18.9 Å². The van der Waals surface area contributed by atoms with E-state index < -0.39 is 0 Å². The first-order valence-electron chi connectivity index (χ1n) is 14.7. The molecule has 3 rings (SSSR count). The van der Waals surface area contributed by atoms with Crippen LogP contribution in [0.3, 0.4) is 0 Å². The zero-order chi connectivity index (χ0) is 31.4. The lowest BCUT2D eigenvalue weighted by Crippen LogP contribution is -2.03. The molecule has 0 saturated carbocycles. The van der Waals surface area contributed by atoms with E-state index in [1.165, 1.54) is 12.2 Å². The summed E-state index contributed by atoms with van der Waals surface area (Å²) in [5.41, 5.74) is 3.53. The van der Waals surface area contributed by atoms with E-state index in [-0.39, 0.29) is 11.9 Å². The number of rotatable bonds is 16. The van der Waals surface area contributed by atoms with Crippen molar-refractivity contribution in [2.75, 3.05) is 26.4 Å². The van der Waals surface area contributed by atoms with E-state index in [1.807, 2.05) is 72.3 Å². The van der Waals surface area contributed by atoms with E-state index in [9.17, 15) is 9.59 Å². The first kappa shape index (κ1) is 33.4. The van der Waals surface area contributed by atoms with E-state index in [0.717, 1.165) is 72.5 Å². The molecule has 228 valence electrons. The van der Waals surface area contributed by atoms with Gasteiger partial charge in [-0.3, -0.25) is 0 Å². The molecule has 0 atom stereocenters. The normalized spacial score (nSPS) is 9.93. The SMILES string of the molecule is C=CC(=O)OCCCCCOc1ccc(C#Cc2ccc(C#Cc3ccc(OCCCCCOC(=O)C=C)cc3)n2C)cc1. The Labute approximate surface area is 260 Å². The Balaban J connectivity index is 1.40. The van der Waals surface area contributed by atoms with Gasteiger partial charge >= 0.3 is 11.9 Å². The van der Waals surface area contributed by atoms with E-state index >= 15 is 0 Å². The second-order valence-electron chi connectivity index (χ2n) is 9.77. The third kappa shape index (κ3) is 12.4. The molecule has 44 heavy (non-hydrogen) atoms. The Bertz CT molecular complexity index is 1380. The zero-order valence-electron chi connectivity index (χ0n) is 25.3. The van der Waals surface area contributed by atoms with Crippen LogP contribution < -0.4 is 9.47 Å². The lowest BCUT2D eigenvalue weighted by atomic mass is 10.2. The van der Waals surface area contributed by atoms with Crippen LogP contribution in [0.5, 0.6) is 11.5 Å². The summed E-state index contributed by atoms with van der Waals surface area (Å²) >= 11 is 0. The molecule has 0 aliphatic heterocycles. The number of aromatic nitrogens is 1. The van der Waals surface area contributed by atoms with Gasteiger partial charge in [0.1, 0.15) is 11.5 Å². The van der Waals surface area contributed by atoms with E-state index in [0.29, 0.717) is 26.4 Å². The van der Waals surface area contributed by atoms with Crippen molar-refractivity contribution in [2.45, 2.75) is 38.5 Å². The van der Waals surface area contributed by atoms with Gasteiger partial charge in [-0.15, -0.1) is 0 Å². The number of carbonyl (C=O) groups is 2. The van der Waals surface area contributed by atoms with Gasteiger partial charge in [-0.05, 0) is 111 Å². The van der Waals surface area contributed by atoms with E-state index in [1.54, 1.807) is 0 Å². The molecule has 3 aromatic rings. The van der Waals surface area contributed by atoms with Crippen molar-refractivity contribution in [1.82, 2.24) is 4.57 Å². The maximum absolute atomic E-state index is 11.0. The minimum absolute atomic E-state index is 0.386. The quantitative estimate of drug-likeness (QED) is 0.0830. The number of hydrogen-bond acceptors (Lipinski definition) is 6. The first-order chi connectivity index (χ1) is 21.5. The maximum atomic E-state index is 11.0. The average molecular weight is 594 g/mol.